The molecule has 2 atom stereocenters. The highest BCUT2D eigenvalue weighted by atomic mass is 16.5. The Bertz CT molecular complexity index is 715. The second-order valence-electron chi connectivity index (χ2n) is 4.94. The van der Waals surface area contributed by atoms with E-state index in [0.29, 0.717) is 5.56 Å². The summed E-state index contributed by atoms with van der Waals surface area (Å²) < 4.78 is 4.80. The van der Waals surface area contributed by atoms with E-state index in [1.54, 1.807) is 37.3 Å². The zero-order valence-corrected chi connectivity index (χ0v) is 12.0. The molecular weight excluding hydrogens is 278 g/mol. The average Bonchev–Trinajstić information content (AvgIpc) is 3.21. The van der Waals surface area contributed by atoms with Gasteiger partial charge in [-0.2, -0.15) is 15.8 Å². The molecule has 0 N–H and O–H groups in total. The largest absolute Gasteiger partial charge is 0.463 e. The van der Waals surface area contributed by atoms with Gasteiger partial charge in [-0.25, -0.2) is 4.79 Å². The van der Waals surface area contributed by atoms with Gasteiger partial charge in [-0.15, -0.1) is 0 Å². The van der Waals surface area contributed by atoms with E-state index >= 15 is 0 Å². The fourth-order valence-corrected chi connectivity index (χ4v) is 2.60. The summed E-state index contributed by atoms with van der Waals surface area (Å²) >= 11 is 0. The maximum atomic E-state index is 11.4. The minimum atomic E-state index is -1.17. The van der Waals surface area contributed by atoms with Gasteiger partial charge in [0.05, 0.1) is 30.4 Å². The quantitative estimate of drug-likeness (QED) is 0.626. The zero-order valence-electron chi connectivity index (χ0n) is 12.0. The normalized spacial score (nSPS) is 21.4. The molecule has 1 aromatic rings. The van der Waals surface area contributed by atoms with Crippen LogP contribution >= 0.6 is 0 Å². The average molecular weight is 291 g/mol. The lowest BCUT2D eigenvalue weighted by molar-refractivity contribution is -0.137. The number of benzene rings is 1. The number of nitriles is 3. The molecule has 0 aliphatic heterocycles. The van der Waals surface area contributed by atoms with Gasteiger partial charge in [0, 0.05) is 17.9 Å². The first-order valence-corrected chi connectivity index (χ1v) is 6.80. The van der Waals surface area contributed by atoms with E-state index in [2.05, 4.69) is 12.1 Å². The number of carbonyl (C=O) groups is 1. The second-order valence-corrected chi connectivity index (χ2v) is 4.94. The SMILES string of the molecule is CCOC(=O)/C=C/[C@@H]1[C@H](c2ccc(C#N)cc2)C1(C#N)C#N. The molecule has 1 aliphatic rings. The van der Waals surface area contributed by atoms with E-state index in [9.17, 15) is 15.3 Å². The van der Waals surface area contributed by atoms with Gasteiger partial charge in [0.2, 0.25) is 0 Å². The van der Waals surface area contributed by atoms with Crippen molar-refractivity contribution in [3.63, 3.8) is 0 Å². The van der Waals surface area contributed by atoms with Gasteiger partial charge >= 0.3 is 5.97 Å². The number of hydrogen-bond acceptors (Lipinski definition) is 5. The number of allylic oxidation sites excluding steroid dienone is 1. The highest BCUT2D eigenvalue weighted by Gasteiger charge is 2.66. The minimum Gasteiger partial charge on any atom is -0.463 e. The molecule has 1 saturated carbocycles. The molecule has 0 bridgehead atoms. The van der Waals surface area contributed by atoms with Gasteiger partial charge in [-0.3, -0.25) is 0 Å². The standard InChI is InChI=1S/C17H13N3O2/c1-2-22-15(21)8-7-14-16(17(14,10-19)11-20)13-5-3-12(9-18)4-6-13/h3-8,14,16H,2H2,1H3/b8-7+/t14-,16+/m1/s1. The lowest BCUT2D eigenvalue weighted by Crippen LogP contribution is -2.00. The van der Waals surface area contributed by atoms with E-state index in [-0.39, 0.29) is 18.4 Å². The number of ether oxygens (including phenoxy) is 1. The smallest absolute Gasteiger partial charge is 0.330 e. The summed E-state index contributed by atoms with van der Waals surface area (Å²) in [5.41, 5.74) is 0.153. The van der Waals surface area contributed by atoms with Crippen molar-refractivity contribution < 1.29 is 9.53 Å². The molecule has 0 spiro atoms. The van der Waals surface area contributed by atoms with E-state index in [0.717, 1.165) is 5.56 Å². The van der Waals surface area contributed by atoms with Gasteiger partial charge < -0.3 is 4.74 Å². The van der Waals surface area contributed by atoms with Crippen LogP contribution in [0.15, 0.2) is 36.4 Å². The number of hydrogen-bond donors (Lipinski definition) is 0. The van der Waals surface area contributed by atoms with E-state index in [1.807, 2.05) is 6.07 Å². The Labute approximate surface area is 128 Å². The minimum absolute atomic E-state index is 0.272. The van der Waals surface area contributed by atoms with Crippen LogP contribution < -0.4 is 0 Å². The molecule has 0 heterocycles. The predicted octanol–water partition coefficient (Wildman–Crippen LogP) is 2.42. The maximum Gasteiger partial charge on any atom is 0.330 e. The fourth-order valence-electron chi connectivity index (χ4n) is 2.60. The molecule has 0 saturated heterocycles. The number of rotatable bonds is 4. The van der Waals surface area contributed by atoms with Crippen LogP contribution in [-0.4, -0.2) is 12.6 Å². The van der Waals surface area contributed by atoms with Crippen LogP contribution in [0.2, 0.25) is 0 Å². The monoisotopic (exact) mass is 291 g/mol. The van der Waals surface area contributed by atoms with Crippen LogP contribution in [0.5, 0.6) is 0 Å². The van der Waals surface area contributed by atoms with Crippen LogP contribution in [0.4, 0.5) is 0 Å². The fraction of sp³-hybridized carbons (Fsp3) is 0.294. The predicted molar refractivity (Wildman–Crippen MR) is 76.8 cm³/mol. The van der Waals surface area contributed by atoms with Crippen LogP contribution in [0.1, 0.15) is 24.0 Å². The van der Waals surface area contributed by atoms with Gasteiger partial charge in [0.15, 0.2) is 5.41 Å². The first-order chi connectivity index (χ1) is 10.6. The molecule has 0 amide bonds. The number of nitrogens with zero attached hydrogens (tertiary/aromatic N) is 3. The Kier molecular flexibility index (Phi) is 4.25. The lowest BCUT2D eigenvalue weighted by Gasteiger charge is -1.99. The summed E-state index contributed by atoms with van der Waals surface area (Å²) in [6, 6.07) is 12.9. The number of esters is 1. The molecule has 108 valence electrons. The zero-order chi connectivity index (χ0) is 16.2. The Balaban J connectivity index is 2.26. The van der Waals surface area contributed by atoms with Crippen LogP contribution in [0.25, 0.3) is 0 Å². The molecule has 0 unspecified atom stereocenters. The molecule has 1 aliphatic carbocycles. The van der Waals surface area contributed by atoms with Crippen molar-refractivity contribution in [3.8, 4) is 18.2 Å². The van der Waals surface area contributed by atoms with E-state index in [1.165, 1.54) is 6.08 Å². The molecule has 1 fully saturated rings. The van der Waals surface area contributed by atoms with Gasteiger partial charge in [0.25, 0.3) is 0 Å². The maximum absolute atomic E-state index is 11.4. The molecular formula is C17H13N3O2. The Hall–Kier alpha value is -3.10. The summed E-state index contributed by atoms with van der Waals surface area (Å²) in [6.45, 7) is 1.98. The van der Waals surface area contributed by atoms with E-state index < -0.39 is 11.4 Å². The van der Waals surface area contributed by atoms with Gasteiger partial charge in [-0.1, -0.05) is 18.2 Å². The third-order valence-electron chi connectivity index (χ3n) is 3.76. The van der Waals surface area contributed by atoms with Crippen LogP contribution in [0, 0.1) is 45.3 Å². The molecule has 22 heavy (non-hydrogen) atoms. The molecule has 1 aromatic carbocycles. The highest BCUT2D eigenvalue weighted by Crippen LogP contribution is 2.64. The van der Waals surface area contributed by atoms with Crippen LogP contribution in [0.3, 0.4) is 0 Å². The van der Waals surface area contributed by atoms with Gasteiger partial charge in [0.1, 0.15) is 0 Å². The number of carbonyl (C=O) groups excluding carboxylic acids is 1. The highest BCUT2D eigenvalue weighted by molar-refractivity contribution is 5.82. The van der Waals surface area contributed by atoms with Crippen molar-refractivity contribution in [1.29, 1.82) is 15.8 Å². The Morgan fingerprint density at radius 2 is 1.91 bits per heavy atom. The molecule has 0 radical (unpaired) electrons. The topological polar surface area (TPSA) is 97.7 Å². The van der Waals surface area contributed by atoms with Crippen molar-refractivity contribution >= 4 is 5.97 Å². The van der Waals surface area contributed by atoms with Crippen molar-refractivity contribution in [2.75, 3.05) is 6.61 Å². The van der Waals surface area contributed by atoms with E-state index in [4.69, 9.17) is 10.00 Å². The summed E-state index contributed by atoms with van der Waals surface area (Å²) in [4.78, 5) is 11.4. The summed E-state index contributed by atoms with van der Waals surface area (Å²) in [6.07, 6.45) is 2.83. The third-order valence-corrected chi connectivity index (χ3v) is 3.76. The van der Waals surface area contributed by atoms with Crippen molar-refractivity contribution in [3.05, 3.63) is 47.5 Å². The molecule has 0 aromatic heterocycles. The first-order valence-electron chi connectivity index (χ1n) is 6.80. The van der Waals surface area contributed by atoms with Crippen molar-refractivity contribution in [2.24, 2.45) is 11.3 Å². The molecule has 2 rings (SSSR count). The molecule has 5 heteroatoms. The van der Waals surface area contributed by atoms with Crippen molar-refractivity contribution in [2.45, 2.75) is 12.8 Å². The first kappa shape index (κ1) is 15.3. The molecule has 5 nitrogen and oxygen atoms in total. The Morgan fingerprint density at radius 1 is 1.27 bits per heavy atom. The van der Waals surface area contributed by atoms with Gasteiger partial charge in [-0.05, 0) is 24.6 Å². The summed E-state index contributed by atoms with van der Waals surface area (Å²) in [5.74, 6) is -1.15. The summed E-state index contributed by atoms with van der Waals surface area (Å²) in [7, 11) is 0. The van der Waals surface area contributed by atoms with Crippen molar-refractivity contribution in [1.82, 2.24) is 0 Å². The lowest BCUT2D eigenvalue weighted by atomic mass is 10.0. The second kappa shape index (κ2) is 6.12. The Morgan fingerprint density at radius 3 is 2.41 bits per heavy atom. The third kappa shape index (κ3) is 2.55. The summed E-state index contributed by atoms with van der Waals surface area (Å²) in [5, 5.41) is 27.5. The van der Waals surface area contributed by atoms with Crippen LogP contribution in [-0.2, 0) is 9.53 Å².